The number of anilines is 1. The molecular weight excluding hydrogens is 374 g/mol. The topological polar surface area (TPSA) is 84.7 Å². The number of benzene rings is 1. The van der Waals surface area contributed by atoms with Crippen LogP contribution in [0.25, 0.3) is 10.9 Å². The van der Waals surface area contributed by atoms with Crippen LogP contribution in [0.4, 0.5) is 5.82 Å². The lowest BCUT2D eigenvalue weighted by Gasteiger charge is -2.23. The molecule has 1 aromatic carbocycles. The Labute approximate surface area is 167 Å². The van der Waals surface area contributed by atoms with Crippen molar-refractivity contribution in [2.24, 2.45) is 0 Å². The first kappa shape index (κ1) is 18.6. The van der Waals surface area contributed by atoms with Gasteiger partial charge in [-0.2, -0.15) is 5.10 Å². The molecule has 28 heavy (non-hydrogen) atoms. The number of aromatic nitrogens is 4. The Morgan fingerprint density at radius 2 is 2.07 bits per heavy atom. The molecule has 1 aliphatic rings. The number of hydrogen-bond donors (Lipinski definition) is 2. The van der Waals surface area contributed by atoms with Crippen LogP contribution in [0.2, 0.25) is 0 Å². The van der Waals surface area contributed by atoms with E-state index in [1.165, 1.54) is 23.8 Å². The molecule has 0 atom stereocenters. The van der Waals surface area contributed by atoms with Crippen LogP contribution in [-0.2, 0) is 6.54 Å². The quantitative estimate of drug-likeness (QED) is 0.651. The number of nitrogens with zero attached hydrogens (tertiary/aromatic N) is 3. The summed E-state index contributed by atoms with van der Waals surface area (Å²) in [6.45, 7) is 2.37. The summed E-state index contributed by atoms with van der Waals surface area (Å²) in [7, 11) is 0. The van der Waals surface area contributed by atoms with Gasteiger partial charge in [0.2, 0.25) is 0 Å². The van der Waals surface area contributed by atoms with Crippen molar-refractivity contribution in [3.63, 3.8) is 0 Å². The van der Waals surface area contributed by atoms with Gasteiger partial charge in [0.25, 0.3) is 11.5 Å². The minimum absolute atomic E-state index is 0.149. The van der Waals surface area contributed by atoms with Crippen LogP contribution in [-0.4, -0.2) is 25.2 Å². The normalized spacial score (nSPS) is 15.0. The van der Waals surface area contributed by atoms with Crippen molar-refractivity contribution in [2.75, 3.05) is 5.32 Å². The van der Waals surface area contributed by atoms with Crippen LogP contribution in [0.1, 0.15) is 55.4 Å². The zero-order valence-electron chi connectivity index (χ0n) is 15.8. The molecule has 146 valence electrons. The molecule has 1 aliphatic carbocycles. The smallest absolute Gasteiger partial charge is 0.262 e. The lowest BCUT2D eigenvalue weighted by atomic mass is 9.96. The molecule has 0 radical (unpaired) electrons. The van der Waals surface area contributed by atoms with Gasteiger partial charge in [-0.05, 0) is 50.2 Å². The second kappa shape index (κ2) is 7.71. The van der Waals surface area contributed by atoms with Gasteiger partial charge in [-0.25, -0.2) is 4.68 Å². The maximum atomic E-state index is 12.8. The monoisotopic (exact) mass is 397 g/mol. The average molecular weight is 398 g/mol. The minimum Gasteiger partial charge on any atom is -0.332 e. The number of H-pyrrole nitrogens is 1. The van der Waals surface area contributed by atoms with Crippen molar-refractivity contribution >= 4 is 34.8 Å². The van der Waals surface area contributed by atoms with E-state index in [1.807, 2.05) is 17.7 Å². The third-order valence-corrected chi connectivity index (χ3v) is 5.72. The highest BCUT2D eigenvalue weighted by atomic mass is 32.1. The number of aromatic amines is 1. The summed E-state index contributed by atoms with van der Waals surface area (Å²) in [5, 5.41) is 7.89. The third kappa shape index (κ3) is 3.40. The number of rotatable bonds is 4. The predicted octanol–water partition coefficient (Wildman–Crippen LogP) is 4.03. The Morgan fingerprint density at radius 1 is 1.29 bits per heavy atom. The van der Waals surface area contributed by atoms with E-state index in [1.54, 1.807) is 24.4 Å². The molecule has 2 aromatic heterocycles. The molecule has 1 fully saturated rings. The molecule has 7 nitrogen and oxygen atoms in total. The van der Waals surface area contributed by atoms with Crippen LogP contribution < -0.4 is 10.9 Å². The summed E-state index contributed by atoms with van der Waals surface area (Å²) in [6, 6.07) is 7.16. The van der Waals surface area contributed by atoms with Crippen molar-refractivity contribution in [1.29, 1.82) is 0 Å². The first-order valence-electron chi connectivity index (χ1n) is 9.70. The van der Waals surface area contributed by atoms with Crippen molar-refractivity contribution in [2.45, 2.75) is 51.6 Å². The highest BCUT2D eigenvalue weighted by molar-refractivity contribution is 7.71. The zero-order valence-corrected chi connectivity index (χ0v) is 16.6. The number of carbonyl (C=O) groups is 1. The number of nitrogens with one attached hydrogen (secondary N) is 2. The zero-order chi connectivity index (χ0) is 19.7. The molecule has 2 heterocycles. The lowest BCUT2D eigenvalue weighted by molar-refractivity contribution is 0.102. The molecule has 0 unspecified atom stereocenters. The van der Waals surface area contributed by atoms with Gasteiger partial charge in [0.05, 0.1) is 23.1 Å². The molecule has 4 rings (SSSR count). The SMILES string of the molecule is CCn1c(=S)[nH]c2cc(C(=O)Nc3ccnn3C3CCCCC3)ccc2c1=O. The third-order valence-electron chi connectivity index (χ3n) is 5.39. The average Bonchev–Trinajstić information content (AvgIpc) is 3.16. The summed E-state index contributed by atoms with van der Waals surface area (Å²) < 4.78 is 3.78. The van der Waals surface area contributed by atoms with Crippen LogP contribution in [0.3, 0.4) is 0 Å². The molecule has 2 N–H and O–H groups in total. The maximum Gasteiger partial charge on any atom is 0.262 e. The molecule has 1 saturated carbocycles. The van der Waals surface area contributed by atoms with Crippen molar-refractivity contribution in [3.05, 3.63) is 51.2 Å². The summed E-state index contributed by atoms with van der Waals surface area (Å²) in [6.07, 6.45) is 7.53. The van der Waals surface area contributed by atoms with Gasteiger partial charge in [-0.15, -0.1) is 0 Å². The fraction of sp³-hybridized carbons (Fsp3) is 0.400. The van der Waals surface area contributed by atoms with Crippen LogP contribution >= 0.6 is 12.2 Å². The van der Waals surface area contributed by atoms with Crippen LogP contribution in [0.5, 0.6) is 0 Å². The second-order valence-corrected chi connectivity index (χ2v) is 7.53. The molecule has 8 heteroatoms. The lowest BCUT2D eigenvalue weighted by Crippen LogP contribution is -2.22. The van der Waals surface area contributed by atoms with Gasteiger partial charge in [-0.3, -0.25) is 14.2 Å². The molecule has 3 aromatic rings. The standard InChI is InChI=1S/C20H23N5O2S/c1-2-24-19(27)15-9-8-13(12-16(15)22-20(24)28)18(26)23-17-10-11-21-25(17)14-6-4-3-5-7-14/h8-12,14H,2-7H2,1H3,(H,22,28)(H,23,26). The number of hydrogen-bond acceptors (Lipinski definition) is 4. The highest BCUT2D eigenvalue weighted by Crippen LogP contribution is 2.30. The van der Waals surface area contributed by atoms with Gasteiger partial charge in [-0.1, -0.05) is 19.3 Å². The van der Waals surface area contributed by atoms with Crippen LogP contribution in [0.15, 0.2) is 35.3 Å². The van der Waals surface area contributed by atoms with E-state index in [2.05, 4.69) is 15.4 Å². The van der Waals surface area contributed by atoms with Crippen LogP contribution in [0, 0.1) is 4.77 Å². The maximum absolute atomic E-state index is 12.8. The largest absolute Gasteiger partial charge is 0.332 e. The Morgan fingerprint density at radius 3 is 2.82 bits per heavy atom. The molecule has 1 amide bonds. The summed E-state index contributed by atoms with van der Waals surface area (Å²) >= 11 is 5.25. The Bertz CT molecular complexity index is 1140. The molecule has 0 bridgehead atoms. The Hall–Kier alpha value is -2.74. The van der Waals surface area contributed by atoms with E-state index in [4.69, 9.17) is 12.2 Å². The number of carbonyl (C=O) groups excluding carboxylic acids is 1. The van der Waals surface area contributed by atoms with E-state index in [0.29, 0.717) is 39.6 Å². The first-order valence-corrected chi connectivity index (χ1v) is 10.1. The summed E-state index contributed by atoms with van der Waals surface area (Å²) in [5.41, 5.74) is 0.875. The second-order valence-electron chi connectivity index (χ2n) is 7.15. The molecule has 0 saturated heterocycles. The summed E-state index contributed by atoms with van der Waals surface area (Å²) in [5.74, 6) is 0.463. The van der Waals surface area contributed by atoms with Crippen molar-refractivity contribution in [3.8, 4) is 0 Å². The van der Waals surface area contributed by atoms with Gasteiger partial charge in [0, 0.05) is 18.2 Å². The minimum atomic E-state index is -0.238. The highest BCUT2D eigenvalue weighted by Gasteiger charge is 2.19. The van der Waals surface area contributed by atoms with E-state index in [-0.39, 0.29) is 11.5 Å². The fourth-order valence-corrected chi connectivity index (χ4v) is 4.22. The predicted molar refractivity (Wildman–Crippen MR) is 111 cm³/mol. The first-order chi connectivity index (χ1) is 13.6. The van der Waals surface area contributed by atoms with Crippen molar-refractivity contribution < 1.29 is 4.79 Å². The van der Waals surface area contributed by atoms with Gasteiger partial charge in [0.1, 0.15) is 5.82 Å². The van der Waals surface area contributed by atoms with E-state index < -0.39 is 0 Å². The number of fused-ring (bicyclic) bond motifs is 1. The number of amides is 1. The fourth-order valence-electron chi connectivity index (χ4n) is 3.90. The van der Waals surface area contributed by atoms with Gasteiger partial charge < -0.3 is 10.3 Å². The van der Waals surface area contributed by atoms with E-state index in [9.17, 15) is 9.59 Å². The van der Waals surface area contributed by atoms with E-state index >= 15 is 0 Å². The van der Waals surface area contributed by atoms with E-state index in [0.717, 1.165) is 12.8 Å². The van der Waals surface area contributed by atoms with Crippen molar-refractivity contribution in [1.82, 2.24) is 19.3 Å². The molecule has 0 aliphatic heterocycles. The van der Waals surface area contributed by atoms with Gasteiger partial charge >= 0.3 is 0 Å². The van der Waals surface area contributed by atoms with Gasteiger partial charge in [0.15, 0.2) is 4.77 Å². The molecular formula is C20H23N5O2S. The summed E-state index contributed by atoms with van der Waals surface area (Å²) in [4.78, 5) is 28.4. The Balaban J connectivity index is 1.62. The molecule has 0 spiro atoms. The Kier molecular flexibility index (Phi) is 5.13.